The third-order valence-electron chi connectivity index (χ3n) is 11.1. The van der Waals surface area contributed by atoms with E-state index in [-0.39, 0.29) is 28.3 Å². The molecule has 3 heterocycles. The molecule has 2 N–H and O–H groups in total. The number of benzene rings is 2. The molecule has 0 saturated heterocycles. The average Bonchev–Trinajstić information content (AvgIpc) is 4.00. The van der Waals surface area contributed by atoms with E-state index in [0.29, 0.717) is 24.4 Å². The van der Waals surface area contributed by atoms with Crippen molar-refractivity contribution in [2.24, 2.45) is 21.6 Å². The number of esters is 1. The molecule has 0 bridgehead atoms. The predicted octanol–water partition coefficient (Wildman–Crippen LogP) is 8.20. The molecule has 2 saturated carbocycles. The molecule has 1 unspecified atom stereocenters. The number of alkyl halides is 6. The maximum Gasteiger partial charge on any atom is 0.394 e. The average molecular weight is 805 g/mol. The fraction of sp³-hybridized carbons (Fsp3) is 0.474. The van der Waals surface area contributed by atoms with Gasteiger partial charge in [0, 0.05) is 17.2 Å². The van der Waals surface area contributed by atoms with E-state index in [1.165, 1.54) is 37.3 Å². The van der Waals surface area contributed by atoms with Gasteiger partial charge >= 0.3 is 12.1 Å². The van der Waals surface area contributed by atoms with E-state index in [2.05, 4.69) is 20.2 Å². The molecule has 1 amide bonds. The maximum absolute atomic E-state index is 15.0. The van der Waals surface area contributed by atoms with Gasteiger partial charge < -0.3 is 10.5 Å². The quantitative estimate of drug-likeness (QED) is 0.100. The SMILES string of the molecule is CC(F)C1(CC(=O)OC[C@H](c2ccc(Cl)c(-n3ncnc3C(F)F)c2)N2C(=O)[C@@](CC(C)(C)C(F)(F)F)(c3ccc(-c4cnn(C5CC5)c4)cc3)N=C2N)CC1. The molecule has 2 aromatic heterocycles. The zero-order valence-corrected chi connectivity index (χ0v) is 31.4. The Morgan fingerprint density at radius 3 is 2.36 bits per heavy atom. The number of hydrogen-bond acceptors (Lipinski definition) is 8. The minimum absolute atomic E-state index is 0.0390. The summed E-state index contributed by atoms with van der Waals surface area (Å²) in [6.07, 6.45) is -2.80. The van der Waals surface area contributed by atoms with Crippen LogP contribution in [0, 0.1) is 10.8 Å². The highest BCUT2D eigenvalue weighted by molar-refractivity contribution is 6.32. The molecular formula is C38H39ClF6N8O3. The first-order valence-electron chi connectivity index (χ1n) is 18.0. The number of aromatic nitrogens is 5. The van der Waals surface area contributed by atoms with E-state index >= 15 is 4.79 Å². The van der Waals surface area contributed by atoms with Crippen molar-refractivity contribution in [3.63, 3.8) is 0 Å². The molecular weight excluding hydrogens is 766 g/mol. The number of ether oxygens (including phenoxy) is 1. The number of carbonyl (C=O) groups is 2. The van der Waals surface area contributed by atoms with E-state index in [1.807, 2.05) is 10.9 Å². The lowest BCUT2D eigenvalue weighted by Crippen LogP contribution is -2.49. The number of nitrogens with two attached hydrogens (primary N) is 1. The largest absolute Gasteiger partial charge is 0.463 e. The third-order valence-corrected chi connectivity index (χ3v) is 11.4. The Balaban J connectivity index is 1.29. The second-order valence-corrected chi connectivity index (χ2v) is 15.9. The van der Waals surface area contributed by atoms with Crippen LogP contribution in [0.15, 0.2) is 66.2 Å². The van der Waals surface area contributed by atoms with Crippen LogP contribution in [0.4, 0.5) is 26.3 Å². The maximum atomic E-state index is 15.0. The Kier molecular flexibility index (Phi) is 9.98. The molecule has 3 aliphatic rings. The van der Waals surface area contributed by atoms with Crippen molar-refractivity contribution in [3.8, 4) is 16.8 Å². The second kappa shape index (κ2) is 14.2. The summed E-state index contributed by atoms with van der Waals surface area (Å²) in [5.41, 5.74) is 2.59. The lowest BCUT2D eigenvalue weighted by molar-refractivity contribution is -0.218. The lowest BCUT2D eigenvalue weighted by atomic mass is 9.74. The van der Waals surface area contributed by atoms with Crippen LogP contribution >= 0.6 is 11.6 Å². The molecule has 56 heavy (non-hydrogen) atoms. The molecule has 11 nitrogen and oxygen atoms in total. The van der Waals surface area contributed by atoms with Crippen LogP contribution in [0.1, 0.15) is 94.8 Å². The molecule has 1 aliphatic heterocycles. The van der Waals surface area contributed by atoms with Crippen LogP contribution in [0.2, 0.25) is 5.02 Å². The number of hydrogen-bond donors (Lipinski definition) is 1. The molecule has 0 radical (unpaired) electrons. The summed E-state index contributed by atoms with van der Waals surface area (Å²) in [7, 11) is 0. The summed E-state index contributed by atoms with van der Waals surface area (Å²) < 4.78 is 94.3. The van der Waals surface area contributed by atoms with Crippen molar-refractivity contribution >= 4 is 29.4 Å². The van der Waals surface area contributed by atoms with Gasteiger partial charge in [-0.1, -0.05) is 55.8 Å². The minimum atomic E-state index is -4.78. The van der Waals surface area contributed by atoms with Crippen molar-refractivity contribution < 1.29 is 40.7 Å². The summed E-state index contributed by atoms with van der Waals surface area (Å²) in [5.74, 6) is -2.96. The van der Waals surface area contributed by atoms with Crippen molar-refractivity contribution in [2.75, 3.05) is 6.61 Å². The number of nitrogens with zero attached hydrogens (tertiary/aromatic N) is 7. The topological polar surface area (TPSA) is 134 Å². The third kappa shape index (κ3) is 7.25. The van der Waals surface area contributed by atoms with E-state index < -0.39 is 77.9 Å². The van der Waals surface area contributed by atoms with Crippen molar-refractivity contribution in [2.45, 2.75) is 95.7 Å². The molecule has 7 rings (SSSR count). The lowest BCUT2D eigenvalue weighted by Gasteiger charge is -2.37. The number of carbonyl (C=O) groups excluding carboxylic acids is 2. The smallest absolute Gasteiger partial charge is 0.394 e. The van der Waals surface area contributed by atoms with Gasteiger partial charge in [0.1, 0.15) is 19.1 Å². The Morgan fingerprint density at radius 2 is 1.75 bits per heavy atom. The zero-order chi connectivity index (χ0) is 40.4. The van der Waals surface area contributed by atoms with Gasteiger partial charge in [0.2, 0.25) is 0 Å². The van der Waals surface area contributed by atoms with E-state index in [0.717, 1.165) is 48.2 Å². The Hall–Kier alpha value is -4.93. The first kappa shape index (κ1) is 39.3. The number of guanidine groups is 1. The highest BCUT2D eigenvalue weighted by Gasteiger charge is 2.59. The first-order chi connectivity index (χ1) is 26.4. The zero-order valence-electron chi connectivity index (χ0n) is 30.6. The summed E-state index contributed by atoms with van der Waals surface area (Å²) in [5, 5.41) is 8.25. The highest BCUT2D eigenvalue weighted by atomic mass is 35.5. The highest BCUT2D eigenvalue weighted by Crippen LogP contribution is 2.54. The minimum Gasteiger partial charge on any atom is -0.463 e. The van der Waals surface area contributed by atoms with Crippen molar-refractivity contribution in [1.29, 1.82) is 0 Å². The van der Waals surface area contributed by atoms with Crippen LogP contribution in [0.5, 0.6) is 0 Å². The molecule has 2 aromatic carbocycles. The van der Waals surface area contributed by atoms with Crippen molar-refractivity contribution in [3.05, 3.63) is 83.2 Å². The molecule has 0 spiro atoms. The van der Waals surface area contributed by atoms with Crippen LogP contribution in [0.25, 0.3) is 16.8 Å². The van der Waals surface area contributed by atoms with Gasteiger partial charge in [-0.2, -0.15) is 23.4 Å². The number of rotatable bonds is 14. The predicted molar refractivity (Wildman–Crippen MR) is 192 cm³/mol. The first-order valence-corrected chi connectivity index (χ1v) is 18.4. The monoisotopic (exact) mass is 804 g/mol. The van der Waals surface area contributed by atoms with Gasteiger partial charge in [-0.15, -0.1) is 0 Å². The van der Waals surface area contributed by atoms with Crippen LogP contribution in [-0.2, 0) is 19.9 Å². The van der Waals surface area contributed by atoms with Gasteiger partial charge in [-0.3, -0.25) is 19.2 Å². The molecule has 2 aliphatic carbocycles. The van der Waals surface area contributed by atoms with Gasteiger partial charge in [0.05, 0.1) is 40.8 Å². The fourth-order valence-electron chi connectivity index (χ4n) is 7.20. The van der Waals surface area contributed by atoms with Gasteiger partial charge in [-0.25, -0.2) is 27.8 Å². The Morgan fingerprint density at radius 1 is 1.05 bits per heavy atom. The van der Waals surface area contributed by atoms with Gasteiger partial charge in [-0.05, 0) is 67.9 Å². The van der Waals surface area contributed by atoms with Crippen LogP contribution in [-0.4, -0.2) is 66.2 Å². The number of aliphatic imine (C=N–C) groups is 1. The van der Waals surface area contributed by atoms with E-state index in [4.69, 9.17) is 22.1 Å². The normalized spacial score (nSPS) is 20.7. The van der Waals surface area contributed by atoms with Crippen LogP contribution < -0.4 is 5.73 Å². The summed E-state index contributed by atoms with van der Waals surface area (Å²) >= 11 is 6.45. The molecule has 3 atom stereocenters. The molecule has 4 aromatic rings. The molecule has 2 fully saturated rings. The standard InChI is InChI=1S/C38H39ClF6N8O3/c1-21(40)36(12-13-36)15-30(54)56-18-29(23-6-11-27(39)28(14-23)53-32(31(41)42)47-20-49-53)52-33(55)37(50-34(52)46,19-35(2,3)38(43,44)45)25-7-4-22(5-8-25)24-16-48-51(17-24)26-9-10-26/h4-8,11,14,16-17,20-21,26,29,31H,9-10,12-13,15,18-19H2,1-3H3,(H2,46,50)/t21?,29-,37-/m1/s1. The summed E-state index contributed by atoms with van der Waals surface area (Å²) in [4.78, 5) is 37.2. The summed E-state index contributed by atoms with van der Waals surface area (Å²) in [6.45, 7) is 2.66. The molecule has 298 valence electrons. The summed E-state index contributed by atoms with van der Waals surface area (Å²) in [6, 6.07) is 9.39. The van der Waals surface area contributed by atoms with Crippen LogP contribution in [0.3, 0.4) is 0 Å². The second-order valence-electron chi connectivity index (χ2n) is 15.5. The fourth-order valence-corrected chi connectivity index (χ4v) is 7.40. The van der Waals surface area contributed by atoms with E-state index in [9.17, 15) is 31.1 Å². The number of halogens is 7. The van der Waals surface area contributed by atoms with Gasteiger partial charge in [0.15, 0.2) is 17.3 Å². The Bertz CT molecular complexity index is 2160. The van der Waals surface area contributed by atoms with Gasteiger partial charge in [0.25, 0.3) is 12.3 Å². The number of amides is 1. The molecule has 18 heteroatoms. The Labute approximate surface area is 322 Å². The van der Waals surface area contributed by atoms with E-state index in [1.54, 1.807) is 18.3 Å². The van der Waals surface area contributed by atoms with Crippen molar-refractivity contribution in [1.82, 2.24) is 29.4 Å².